The number of nitrogen functional groups attached to an aromatic ring is 1. The maximum absolute atomic E-state index is 12.4. The maximum Gasteiger partial charge on any atom is 0.133 e. The predicted molar refractivity (Wildman–Crippen MR) is 86.7 cm³/mol. The average Bonchev–Trinajstić information content (AvgIpc) is 2.38. The van der Waals surface area contributed by atoms with Crippen molar-refractivity contribution in [3.8, 4) is 5.75 Å². The number of methoxy groups -OCH3 is 1. The van der Waals surface area contributed by atoms with Crippen LogP contribution in [0.15, 0.2) is 45.8 Å². The minimum Gasteiger partial charge on any atom is -0.496 e. The molecule has 2 aromatic rings. The van der Waals surface area contributed by atoms with Gasteiger partial charge in [-0.2, -0.15) is 0 Å². The molecule has 0 saturated heterocycles. The molecule has 1 unspecified atom stereocenters. The first-order valence-electron chi connectivity index (χ1n) is 5.77. The summed E-state index contributed by atoms with van der Waals surface area (Å²) in [5.74, 6) is 1.08. The van der Waals surface area contributed by atoms with E-state index in [1.165, 1.54) is 0 Å². The van der Waals surface area contributed by atoms with Crippen molar-refractivity contribution in [3.05, 3.63) is 51.5 Å². The van der Waals surface area contributed by atoms with E-state index in [0.29, 0.717) is 21.4 Å². The van der Waals surface area contributed by atoms with Gasteiger partial charge >= 0.3 is 0 Å². The largest absolute Gasteiger partial charge is 0.496 e. The molecule has 2 rings (SSSR count). The fourth-order valence-electron chi connectivity index (χ4n) is 1.79. The molecular weight excluding hydrogens is 362 g/mol. The number of rotatable bonds is 4. The quantitative estimate of drug-likeness (QED) is 0.823. The summed E-state index contributed by atoms with van der Waals surface area (Å²) in [4.78, 5) is 0.487. The van der Waals surface area contributed by atoms with Gasteiger partial charge < -0.3 is 10.5 Å². The van der Waals surface area contributed by atoms with E-state index >= 15 is 0 Å². The fourth-order valence-corrected chi connectivity index (χ4v) is 4.06. The molecule has 2 aromatic carbocycles. The summed E-state index contributed by atoms with van der Waals surface area (Å²) >= 11 is 9.47. The zero-order valence-corrected chi connectivity index (χ0v) is 13.9. The number of ether oxygens (including phenoxy) is 1. The van der Waals surface area contributed by atoms with Gasteiger partial charge in [-0.3, -0.25) is 4.21 Å². The van der Waals surface area contributed by atoms with Gasteiger partial charge in [-0.25, -0.2) is 0 Å². The van der Waals surface area contributed by atoms with Gasteiger partial charge in [0.05, 0.1) is 38.1 Å². The highest BCUT2D eigenvalue weighted by Crippen LogP contribution is 2.30. The van der Waals surface area contributed by atoms with E-state index in [4.69, 9.17) is 22.1 Å². The molecule has 0 amide bonds. The Labute approximate surface area is 133 Å². The third-order valence-corrected chi connectivity index (χ3v) is 5.29. The van der Waals surface area contributed by atoms with Crippen molar-refractivity contribution < 1.29 is 8.95 Å². The Morgan fingerprint density at radius 3 is 2.70 bits per heavy atom. The van der Waals surface area contributed by atoms with E-state index in [2.05, 4.69) is 15.9 Å². The molecule has 0 aromatic heterocycles. The maximum atomic E-state index is 12.4. The summed E-state index contributed by atoms with van der Waals surface area (Å²) in [6.07, 6.45) is 0. The summed E-state index contributed by atoms with van der Waals surface area (Å²) in [7, 11) is 0.307. The molecule has 0 aliphatic carbocycles. The van der Waals surface area contributed by atoms with Crippen LogP contribution in [0.5, 0.6) is 5.75 Å². The smallest absolute Gasteiger partial charge is 0.133 e. The first-order valence-corrected chi connectivity index (χ1v) is 8.26. The summed E-state index contributed by atoms with van der Waals surface area (Å²) in [6.45, 7) is 0. The zero-order valence-electron chi connectivity index (χ0n) is 10.7. The molecule has 106 valence electrons. The standard InChI is InChI=1S/C14H13BrClNO2S/c1-19-13-6-5-9(7-10(13)15)8-20(18)14-11(16)3-2-4-12(14)17/h2-7H,8,17H2,1H3. The van der Waals surface area contributed by atoms with Gasteiger partial charge in [-0.05, 0) is 45.8 Å². The van der Waals surface area contributed by atoms with Crippen molar-refractivity contribution in [1.29, 1.82) is 0 Å². The Balaban J connectivity index is 2.26. The van der Waals surface area contributed by atoms with Gasteiger partial charge in [0.25, 0.3) is 0 Å². The first kappa shape index (κ1) is 15.4. The number of hydrogen-bond acceptors (Lipinski definition) is 3. The van der Waals surface area contributed by atoms with E-state index in [0.717, 1.165) is 15.8 Å². The molecule has 0 spiro atoms. The van der Waals surface area contributed by atoms with Crippen LogP contribution in [0.25, 0.3) is 0 Å². The molecule has 0 heterocycles. The number of hydrogen-bond donors (Lipinski definition) is 1. The lowest BCUT2D eigenvalue weighted by atomic mass is 10.2. The number of anilines is 1. The van der Waals surface area contributed by atoms with Crippen LogP contribution in [0, 0.1) is 0 Å². The van der Waals surface area contributed by atoms with Crippen LogP contribution in [0.3, 0.4) is 0 Å². The summed E-state index contributed by atoms with van der Waals surface area (Å²) in [5.41, 5.74) is 7.20. The second-order valence-electron chi connectivity index (χ2n) is 4.12. The number of nitrogens with two attached hydrogens (primary N) is 1. The van der Waals surface area contributed by atoms with Crippen molar-refractivity contribution in [1.82, 2.24) is 0 Å². The molecule has 1 atom stereocenters. The van der Waals surface area contributed by atoms with Crippen LogP contribution in [0.4, 0.5) is 5.69 Å². The predicted octanol–water partition coefficient (Wildman–Crippen LogP) is 4.00. The van der Waals surface area contributed by atoms with Gasteiger partial charge in [-0.15, -0.1) is 0 Å². The molecular formula is C14H13BrClNO2S. The first-order chi connectivity index (χ1) is 9.52. The topological polar surface area (TPSA) is 52.3 Å². The molecule has 0 aliphatic heterocycles. The van der Waals surface area contributed by atoms with Crippen LogP contribution in [0.1, 0.15) is 5.56 Å². The van der Waals surface area contributed by atoms with E-state index in [-0.39, 0.29) is 0 Å². The lowest BCUT2D eigenvalue weighted by Crippen LogP contribution is -2.02. The summed E-state index contributed by atoms with van der Waals surface area (Å²) in [5, 5.41) is 0.427. The second kappa shape index (κ2) is 6.61. The lowest BCUT2D eigenvalue weighted by molar-refractivity contribution is 0.412. The lowest BCUT2D eigenvalue weighted by Gasteiger charge is -2.09. The monoisotopic (exact) mass is 373 g/mol. The molecule has 20 heavy (non-hydrogen) atoms. The van der Waals surface area contributed by atoms with Crippen molar-refractivity contribution in [2.45, 2.75) is 10.6 Å². The van der Waals surface area contributed by atoms with E-state index < -0.39 is 10.8 Å². The van der Waals surface area contributed by atoms with Crippen molar-refractivity contribution in [2.75, 3.05) is 12.8 Å². The molecule has 0 saturated carbocycles. The molecule has 2 N–H and O–H groups in total. The average molecular weight is 375 g/mol. The fraction of sp³-hybridized carbons (Fsp3) is 0.143. The van der Waals surface area contributed by atoms with Crippen LogP contribution in [-0.2, 0) is 16.6 Å². The minimum absolute atomic E-state index is 0.344. The Morgan fingerprint density at radius 2 is 2.10 bits per heavy atom. The molecule has 0 bridgehead atoms. The van der Waals surface area contributed by atoms with Gasteiger partial charge in [0.2, 0.25) is 0 Å². The van der Waals surface area contributed by atoms with E-state index in [1.54, 1.807) is 25.3 Å². The molecule has 0 radical (unpaired) electrons. The van der Waals surface area contributed by atoms with Crippen LogP contribution < -0.4 is 10.5 Å². The Kier molecular flexibility index (Phi) is 5.07. The van der Waals surface area contributed by atoms with Crippen LogP contribution in [0.2, 0.25) is 5.02 Å². The van der Waals surface area contributed by atoms with Crippen molar-refractivity contribution >= 4 is 44.0 Å². The Bertz CT molecular complexity index is 643. The minimum atomic E-state index is -1.29. The SMILES string of the molecule is COc1ccc(CS(=O)c2c(N)cccc2Cl)cc1Br. The number of halogens is 2. The van der Waals surface area contributed by atoms with Gasteiger partial charge in [-0.1, -0.05) is 23.7 Å². The highest BCUT2D eigenvalue weighted by Gasteiger charge is 2.13. The summed E-state index contributed by atoms with van der Waals surface area (Å²) < 4.78 is 18.4. The van der Waals surface area contributed by atoms with Gasteiger partial charge in [0.15, 0.2) is 0 Å². The Morgan fingerprint density at radius 1 is 1.35 bits per heavy atom. The van der Waals surface area contributed by atoms with Crippen molar-refractivity contribution in [3.63, 3.8) is 0 Å². The van der Waals surface area contributed by atoms with E-state index in [9.17, 15) is 4.21 Å². The molecule has 3 nitrogen and oxygen atoms in total. The highest BCUT2D eigenvalue weighted by atomic mass is 79.9. The van der Waals surface area contributed by atoms with Gasteiger partial charge in [0.1, 0.15) is 5.75 Å². The second-order valence-corrected chi connectivity index (χ2v) is 6.77. The van der Waals surface area contributed by atoms with E-state index in [1.807, 2.05) is 18.2 Å². The third-order valence-electron chi connectivity index (χ3n) is 2.74. The van der Waals surface area contributed by atoms with Crippen LogP contribution >= 0.6 is 27.5 Å². The van der Waals surface area contributed by atoms with Crippen LogP contribution in [-0.4, -0.2) is 11.3 Å². The molecule has 0 aliphatic rings. The van der Waals surface area contributed by atoms with Gasteiger partial charge in [0, 0.05) is 5.69 Å². The Hall–Kier alpha value is -1.04. The third kappa shape index (κ3) is 3.34. The summed E-state index contributed by atoms with van der Waals surface area (Å²) in [6, 6.07) is 10.7. The highest BCUT2D eigenvalue weighted by molar-refractivity contribution is 9.10. The number of benzene rings is 2. The normalized spacial score (nSPS) is 12.2. The zero-order chi connectivity index (χ0) is 14.7. The van der Waals surface area contributed by atoms with Crippen molar-refractivity contribution in [2.24, 2.45) is 0 Å². The molecule has 6 heteroatoms. The molecule has 0 fully saturated rings.